The number of anilines is 1. The predicted molar refractivity (Wildman–Crippen MR) is 101 cm³/mol. The van der Waals surface area contributed by atoms with Gasteiger partial charge in [0.15, 0.2) is 0 Å². The maximum absolute atomic E-state index is 6.03. The molecular weight excluding hydrogens is 332 g/mol. The number of nitrogen functional groups attached to an aromatic ring is 1. The summed E-state index contributed by atoms with van der Waals surface area (Å²) >= 11 is 0. The lowest BCUT2D eigenvalue weighted by Gasteiger charge is -2.12. The summed E-state index contributed by atoms with van der Waals surface area (Å²) in [5.41, 5.74) is 8.88. The van der Waals surface area contributed by atoms with Gasteiger partial charge in [-0.1, -0.05) is 6.92 Å². The Morgan fingerprint density at radius 3 is 2.46 bits per heavy atom. The first-order valence-corrected chi connectivity index (χ1v) is 8.54. The summed E-state index contributed by atoms with van der Waals surface area (Å²) in [5, 5.41) is 0.831. The summed E-state index contributed by atoms with van der Waals surface area (Å²) in [4.78, 5) is 8.50. The third-order valence-electron chi connectivity index (χ3n) is 4.17. The van der Waals surface area contributed by atoms with Crippen LogP contribution in [0.25, 0.3) is 10.9 Å². The van der Waals surface area contributed by atoms with Gasteiger partial charge in [-0.2, -0.15) is 0 Å². The van der Waals surface area contributed by atoms with Crippen LogP contribution < -0.4 is 15.2 Å². The van der Waals surface area contributed by atoms with Gasteiger partial charge in [0.1, 0.15) is 23.6 Å². The molecular formula is C19H24N4O3. The molecule has 0 bridgehead atoms. The second-order valence-corrected chi connectivity index (χ2v) is 6.00. The molecule has 0 radical (unpaired) electrons. The zero-order valence-corrected chi connectivity index (χ0v) is 15.4. The van der Waals surface area contributed by atoms with E-state index in [0.29, 0.717) is 25.6 Å². The van der Waals surface area contributed by atoms with E-state index in [1.165, 1.54) is 6.33 Å². The molecule has 1 aromatic carbocycles. The Hall–Kier alpha value is -2.80. The summed E-state index contributed by atoms with van der Waals surface area (Å²) in [6, 6.07) is 5.82. The van der Waals surface area contributed by atoms with Crippen molar-refractivity contribution in [3.05, 3.63) is 42.0 Å². The second-order valence-electron chi connectivity index (χ2n) is 6.00. The molecule has 26 heavy (non-hydrogen) atoms. The number of methoxy groups -OCH3 is 2. The Balaban J connectivity index is 2.01. The average Bonchev–Trinajstić information content (AvgIpc) is 3.00. The van der Waals surface area contributed by atoms with Gasteiger partial charge in [-0.05, 0) is 24.1 Å². The fourth-order valence-corrected chi connectivity index (χ4v) is 2.90. The topological polar surface area (TPSA) is 84.4 Å². The Morgan fingerprint density at radius 1 is 1.08 bits per heavy atom. The monoisotopic (exact) mass is 356 g/mol. The van der Waals surface area contributed by atoms with Crippen LogP contribution in [0.4, 0.5) is 5.82 Å². The van der Waals surface area contributed by atoms with Gasteiger partial charge in [0.05, 0.1) is 37.4 Å². The summed E-state index contributed by atoms with van der Waals surface area (Å²) in [7, 11) is 3.28. The van der Waals surface area contributed by atoms with Gasteiger partial charge < -0.3 is 24.5 Å². The lowest BCUT2D eigenvalue weighted by atomic mass is 10.2. The maximum atomic E-state index is 6.03. The van der Waals surface area contributed by atoms with Crippen LogP contribution in [0.5, 0.6) is 11.5 Å². The summed E-state index contributed by atoms with van der Waals surface area (Å²) in [6.45, 7) is 3.86. The molecule has 2 aromatic heterocycles. The average molecular weight is 356 g/mol. The van der Waals surface area contributed by atoms with E-state index in [9.17, 15) is 0 Å². The van der Waals surface area contributed by atoms with Crippen molar-refractivity contribution in [1.29, 1.82) is 0 Å². The molecule has 0 saturated carbocycles. The van der Waals surface area contributed by atoms with Crippen molar-refractivity contribution in [3.63, 3.8) is 0 Å². The Morgan fingerprint density at radius 2 is 1.81 bits per heavy atom. The molecule has 0 saturated heterocycles. The molecule has 7 heteroatoms. The van der Waals surface area contributed by atoms with Crippen LogP contribution in [0.3, 0.4) is 0 Å². The Labute approximate surface area is 152 Å². The van der Waals surface area contributed by atoms with Gasteiger partial charge in [-0.25, -0.2) is 9.97 Å². The van der Waals surface area contributed by atoms with Crippen LogP contribution >= 0.6 is 0 Å². The number of hydrogen-bond acceptors (Lipinski definition) is 6. The van der Waals surface area contributed by atoms with E-state index in [2.05, 4.69) is 21.5 Å². The van der Waals surface area contributed by atoms with Crippen molar-refractivity contribution >= 4 is 16.7 Å². The molecule has 0 aliphatic rings. The molecule has 3 rings (SSSR count). The third-order valence-corrected chi connectivity index (χ3v) is 4.17. The zero-order valence-electron chi connectivity index (χ0n) is 15.4. The molecule has 2 N–H and O–H groups in total. The van der Waals surface area contributed by atoms with Gasteiger partial charge in [-0.15, -0.1) is 0 Å². The van der Waals surface area contributed by atoms with Gasteiger partial charge >= 0.3 is 0 Å². The Kier molecular flexibility index (Phi) is 5.58. The van der Waals surface area contributed by atoms with Gasteiger partial charge in [0, 0.05) is 25.4 Å². The first-order chi connectivity index (χ1) is 12.7. The summed E-state index contributed by atoms with van der Waals surface area (Å²) in [6.07, 6.45) is 4.42. The normalized spacial score (nSPS) is 11.0. The molecule has 0 atom stereocenters. The molecule has 2 heterocycles. The van der Waals surface area contributed by atoms with E-state index in [-0.39, 0.29) is 0 Å². The fourth-order valence-electron chi connectivity index (χ4n) is 2.90. The highest BCUT2D eigenvalue weighted by atomic mass is 16.5. The van der Waals surface area contributed by atoms with Gasteiger partial charge in [0.25, 0.3) is 0 Å². The van der Waals surface area contributed by atoms with Gasteiger partial charge in [-0.3, -0.25) is 0 Å². The van der Waals surface area contributed by atoms with Crippen LogP contribution in [0.15, 0.2) is 30.7 Å². The number of ether oxygens (including phenoxy) is 3. The first kappa shape index (κ1) is 18.0. The minimum atomic E-state index is 0.466. The SMILES string of the molecule is CCCOCc1c2ncnc(N)c2cn1Cc1cc(OC)cc(OC)c1. The van der Waals surface area contributed by atoms with Crippen LogP contribution in [0.2, 0.25) is 0 Å². The molecule has 0 fully saturated rings. The summed E-state index contributed by atoms with van der Waals surface area (Å²) in [5.74, 6) is 1.96. The van der Waals surface area contributed by atoms with Crippen LogP contribution in [-0.4, -0.2) is 35.4 Å². The van der Waals surface area contributed by atoms with Crippen LogP contribution in [0, 0.1) is 0 Å². The van der Waals surface area contributed by atoms with E-state index < -0.39 is 0 Å². The number of benzene rings is 1. The molecule has 138 valence electrons. The number of nitrogens with zero attached hydrogens (tertiary/aromatic N) is 3. The molecule has 0 aliphatic heterocycles. The second kappa shape index (κ2) is 8.05. The Bertz CT molecular complexity index is 870. The van der Waals surface area contributed by atoms with Crippen molar-refractivity contribution in [3.8, 4) is 11.5 Å². The minimum Gasteiger partial charge on any atom is -0.497 e. The van der Waals surface area contributed by atoms with E-state index in [0.717, 1.165) is 40.1 Å². The van der Waals surface area contributed by atoms with E-state index in [1.54, 1.807) is 14.2 Å². The molecule has 0 amide bonds. The quantitative estimate of drug-likeness (QED) is 0.625. The highest BCUT2D eigenvalue weighted by Gasteiger charge is 2.14. The van der Waals surface area contributed by atoms with E-state index in [1.807, 2.05) is 24.4 Å². The lowest BCUT2D eigenvalue weighted by molar-refractivity contribution is 0.117. The highest BCUT2D eigenvalue weighted by Crippen LogP contribution is 2.27. The van der Waals surface area contributed by atoms with Crippen molar-refractivity contribution in [2.75, 3.05) is 26.6 Å². The number of rotatable bonds is 8. The van der Waals surface area contributed by atoms with Crippen molar-refractivity contribution in [2.24, 2.45) is 0 Å². The number of aromatic nitrogens is 3. The van der Waals surface area contributed by atoms with E-state index in [4.69, 9.17) is 19.9 Å². The number of hydrogen-bond donors (Lipinski definition) is 1. The summed E-state index contributed by atoms with van der Waals surface area (Å²) < 4.78 is 18.6. The predicted octanol–water partition coefficient (Wildman–Crippen LogP) is 3.01. The molecule has 0 spiro atoms. The van der Waals surface area contributed by atoms with Gasteiger partial charge in [0.2, 0.25) is 0 Å². The molecule has 7 nitrogen and oxygen atoms in total. The first-order valence-electron chi connectivity index (χ1n) is 8.54. The minimum absolute atomic E-state index is 0.466. The molecule has 0 unspecified atom stereocenters. The van der Waals surface area contributed by atoms with E-state index >= 15 is 0 Å². The standard InChI is InChI=1S/C19H24N4O3/c1-4-5-26-11-17-18-16(19(20)22-12-21-18)10-23(17)9-13-6-14(24-2)8-15(7-13)25-3/h6-8,10,12H,4-5,9,11H2,1-3H3,(H2,20,21,22). The van der Waals surface area contributed by atoms with Crippen molar-refractivity contribution in [1.82, 2.24) is 14.5 Å². The van der Waals surface area contributed by atoms with Crippen molar-refractivity contribution < 1.29 is 14.2 Å². The third kappa shape index (κ3) is 3.72. The van der Waals surface area contributed by atoms with Crippen LogP contribution in [-0.2, 0) is 17.9 Å². The van der Waals surface area contributed by atoms with Crippen molar-refractivity contribution in [2.45, 2.75) is 26.5 Å². The maximum Gasteiger partial charge on any atom is 0.136 e. The van der Waals surface area contributed by atoms with Crippen LogP contribution in [0.1, 0.15) is 24.6 Å². The molecule has 3 aromatic rings. The molecule has 0 aliphatic carbocycles. The smallest absolute Gasteiger partial charge is 0.136 e. The number of fused-ring (bicyclic) bond motifs is 1. The lowest BCUT2D eigenvalue weighted by Crippen LogP contribution is -2.06. The number of nitrogens with two attached hydrogens (primary N) is 1. The zero-order chi connectivity index (χ0) is 18.5. The largest absolute Gasteiger partial charge is 0.497 e. The fraction of sp³-hybridized carbons (Fsp3) is 0.368. The highest BCUT2D eigenvalue weighted by molar-refractivity contribution is 5.89.